The van der Waals surface area contributed by atoms with E-state index >= 15 is 0 Å². The number of hydrogen-bond donors (Lipinski definition) is 1. The van der Waals surface area contributed by atoms with Gasteiger partial charge in [-0.2, -0.15) is 0 Å². The minimum atomic E-state index is 0.806. The largest absolute Gasteiger partial charge is 0.311 e. The van der Waals surface area contributed by atoms with Gasteiger partial charge in [-0.25, -0.2) is 0 Å². The Morgan fingerprint density at radius 3 is 2.87 bits per heavy atom. The van der Waals surface area contributed by atoms with Crippen molar-refractivity contribution < 1.29 is 0 Å². The van der Waals surface area contributed by atoms with E-state index in [0.717, 1.165) is 31.2 Å². The van der Waals surface area contributed by atoms with Gasteiger partial charge in [0, 0.05) is 24.7 Å². The third-order valence-electron chi connectivity index (χ3n) is 2.43. The Bertz CT molecular complexity index is 289. The molecule has 0 saturated heterocycles. The van der Waals surface area contributed by atoms with E-state index in [-0.39, 0.29) is 0 Å². The third-order valence-corrected chi connectivity index (χ3v) is 2.66. The highest BCUT2D eigenvalue weighted by Gasteiger charge is 1.95. The summed E-state index contributed by atoms with van der Waals surface area (Å²) in [5.41, 5.74) is 1.24. The summed E-state index contributed by atoms with van der Waals surface area (Å²) in [7, 11) is 2.13. The van der Waals surface area contributed by atoms with Crippen molar-refractivity contribution in [3.05, 3.63) is 34.9 Å². The van der Waals surface area contributed by atoms with Gasteiger partial charge in [-0.05, 0) is 31.3 Å². The van der Waals surface area contributed by atoms with E-state index in [1.807, 2.05) is 18.2 Å². The number of nitrogens with zero attached hydrogens (tertiary/aromatic N) is 1. The molecule has 1 aromatic rings. The Morgan fingerprint density at radius 1 is 1.40 bits per heavy atom. The molecule has 15 heavy (non-hydrogen) atoms. The predicted molar refractivity (Wildman–Crippen MR) is 66.3 cm³/mol. The molecule has 0 saturated carbocycles. The van der Waals surface area contributed by atoms with Gasteiger partial charge in [0.05, 0.1) is 0 Å². The van der Waals surface area contributed by atoms with Crippen LogP contribution in [-0.2, 0) is 6.54 Å². The van der Waals surface area contributed by atoms with Crippen molar-refractivity contribution in [2.24, 2.45) is 0 Å². The van der Waals surface area contributed by atoms with Crippen LogP contribution in [0.1, 0.15) is 12.5 Å². The van der Waals surface area contributed by atoms with E-state index in [4.69, 9.17) is 11.6 Å². The molecule has 0 unspecified atom stereocenters. The first kappa shape index (κ1) is 12.5. The van der Waals surface area contributed by atoms with E-state index in [2.05, 4.69) is 30.3 Å². The highest BCUT2D eigenvalue weighted by molar-refractivity contribution is 6.30. The predicted octanol–water partition coefficient (Wildman–Crippen LogP) is 2.38. The molecule has 84 valence electrons. The van der Waals surface area contributed by atoms with Crippen molar-refractivity contribution in [2.45, 2.75) is 13.5 Å². The summed E-state index contributed by atoms with van der Waals surface area (Å²) in [4.78, 5) is 2.28. The number of nitrogens with one attached hydrogen (secondary N) is 1. The molecule has 0 aliphatic heterocycles. The maximum atomic E-state index is 5.89. The number of benzene rings is 1. The van der Waals surface area contributed by atoms with Crippen molar-refractivity contribution >= 4 is 11.6 Å². The molecule has 1 aromatic carbocycles. The van der Waals surface area contributed by atoms with Gasteiger partial charge in [0.1, 0.15) is 0 Å². The van der Waals surface area contributed by atoms with Gasteiger partial charge in [-0.15, -0.1) is 0 Å². The van der Waals surface area contributed by atoms with Crippen LogP contribution in [0.3, 0.4) is 0 Å². The van der Waals surface area contributed by atoms with Crippen molar-refractivity contribution in [2.75, 3.05) is 26.7 Å². The zero-order valence-corrected chi connectivity index (χ0v) is 10.2. The topological polar surface area (TPSA) is 15.3 Å². The monoisotopic (exact) mass is 226 g/mol. The molecule has 0 aromatic heterocycles. The van der Waals surface area contributed by atoms with Crippen molar-refractivity contribution in [1.29, 1.82) is 0 Å². The number of halogens is 1. The number of likely N-dealkylation sites (N-methyl/N-ethyl adjacent to an activating group) is 1. The molecule has 0 aliphatic carbocycles. The van der Waals surface area contributed by atoms with Crippen LogP contribution in [0.15, 0.2) is 24.3 Å². The van der Waals surface area contributed by atoms with Crippen LogP contribution in [0, 0.1) is 0 Å². The van der Waals surface area contributed by atoms with Crippen molar-refractivity contribution in [3.8, 4) is 0 Å². The van der Waals surface area contributed by atoms with Gasteiger partial charge in [0.15, 0.2) is 0 Å². The molecular weight excluding hydrogens is 208 g/mol. The molecule has 1 rings (SSSR count). The zero-order valence-electron chi connectivity index (χ0n) is 9.46. The lowest BCUT2D eigenvalue weighted by Crippen LogP contribution is -2.28. The van der Waals surface area contributed by atoms with E-state index in [9.17, 15) is 0 Å². The Balaban J connectivity index is 2.20. The van der Waals surface area contributed by atoms with Crippen molar-refractivity contribution in [3.63, 3.8) is 0 Å². The van der Waals surface area contributed by atoms with Gasteiger partial charge in [-0.1, -0.05) is 30.7 Å². The lowest BCUT2D eigenvalue weighted by molar-refractivity contribution is 0.349. The highest BCUT2D eigenvalue weighted by atomic mass is 35.5. The van der Waals surface area contributed by atoms with Gasteiger partial charge < -0.3 is 10.2 Å². The standard InChI is InChI=1S/C12H19ClN2/c1-3-15(2)8-7-14-10-11-5-4-6-12(13)9-11/h4-6,9,14H,3,7-8,10H2,1-2H3. The lowest BCUT2D eigenvalue weighted by Gasteiger charge is -2.13. The van der Waals surface area contributed by atoms with Crippen molar-refractivity contribution in [1.82, 2.24) is 10.2 Å². The molecular formula is C12H19ClN2. The fourth-order valence-electron chi connectivity index (χ4n) is 1.31. The molecule has 0 bridgehead atoms. The average Bonchev–Trinajstić information content (AvgIpc) is 2.24. The summed E-state index contributed by atoms with van der Waals surface area (Å²) < 4.78 is 0. The first-order valence-electron chi connectivity index (χ1n) is 5.36. The molecule has 0 fully saturated rings. The van der Waals surface area contributed by atoms with Crippen LogP contribution < -0.4 is 5.32 Å². The summed E-state index contributed by atoms with van der Waals surface area (Å²) in [5.74, 6) is 0. The van der Waals surface area contributed by atoms with Crippen LogP contribution in [0.4, 0.5) is 0 Å². The molecule has 2 nitrogen and oxygen atoms in total. The first-order valence-corrected chi connectivity index (χ1v) is 5.74. The van der Waals surface area contributed by atoms with Crippen LogP contribution in [0.25, 0.3) is 0 Å². The maximum absolute atomic E-state index is 5.89. The Labute approximate surface area is 97.2 Å². The van der Waals surface area contributed by atoms with Gasteiger partial charge in [-0.3, -0.25) is 0 Å². The molecule has 0 radical (unpaired) electrons. The normalized spacial score (nSPS) is 10.9. The maximum Gasteiger partial charge on any atom is 0.0409 e. The quantitative estimate of drug-likeness (QED) is 0.750. The van der Waals surface area contributed by atoms with Crippen LogP contribution in [-0.4, -0.2) is 31.6 Å². The molecule has 0 atom stereocenters. The van der Waals surface area contributed by atoms with Gasteiger partial charge in [0.25, 0.3) is 0 Å². The Hall–Kier alpha value is -0.570. The van der Waals surface area contributed by atoms with Crippen LogP contribution >= 0.6 is 11.6 Å². The number of rotatable bonds is 6. The zero-order chi connectivity index (χ0) is 11.1. The second-order valence-corrected chi connectivity index (χ2v) is 4.14. The molecule has 3 heteroatoms. The average molecular weight is 227 g/mol. The summed E-state index contributed by atoms with van der Waals surface area (Å²) >= 11 is 5.89. The Kier molecular flexibility index (Phi) is 5.69. The summed E-state index contributed by atoms with van der Waals surface area (Å²) in [6.45, 7) is 6.24. The van der Waals surface area contributed by atoms with Crippen LogP contribution in [0.5, 0.6) is 0 Å². The summed E-state index contributed by atoms with van der Waals surface area (Å²) in [5, 5.41) is 4.20. The highest BCUT2D eigenvalue weighted by Crippen LogP contribution is 2.09. The lowest BCUT2D eigenvalue weighted by atomic mass is 10.2. The number of hydrogen-bond acceptors (Lipinski definition) is 2. The minimum Gasteiger partial charge on any atom is -0.311 e. The fraction of sp³-hybridized carbons (Fsp3) is 0.500. The van der Waals surface area contributed by atoms with E-state index < -0.39 is 0 Å². The smallest absolute Gasteiger partial charge is 0.0409 e. The van der Waals surface area contributed by atoms with E-state index in [1.165, 1.54) is 5.56 Å². The molecule has 0 spiro atoms. The SMILES string of the molecule is CCN(C)CCNCc1cccc(Cl)c1. The fourth-order valence-corrected chi connectivity index (χ4v) is 1.52. The molecule has 0 amide bonds. The molecule has 1 N–H and O–H groups in total. The Morgan fingerprint density at radius 2 is 2.20 bits per heavy atom. The van der Waals surface area contributed by atoms with E-state index in [1.54, 1.807) is 0 Å². The summed E-state index contributed by atoms with van der Waals surface area (Å²) in [6, 6.07) is 7.97. The second kappa shape index (κ2) is 6.83. The van der Waals surface area contributed by atoms with Crippen LogP contribution in [0.2, 0.25) is 5.02 Å². The first-order chi connectivity index (χ1) is 7.22. The second-order valence-electron chi connectivity index (χ2n) is 3.70. The summed E-state index contributed by atoms with van der Waals surface area (Å²) in [6.07, 6.45) is 0. The molecule has 0 heterocycles. The minimum absolute atomic E-state index is 0.806. The van der Waals surface area contributed by atoms with Gasteiger partial charge in [0.2, 0.25) is 0 Å². The molecule has 0 aliphatic rings. The van der Waals surface area contributed by atoms with E-state index in [0.29, 0.717) is 0 Å². The third kappa shape index (κ3) is 5.17. The van der Waals surface area contributed by atoms with Gasteiger partial charge >= 0.3 is 0 Å².